The lowest BCUT2D eigenvalue weighted by Gasteiger charge is -2.37. The van der Waals surface area contributed by atoms with Gasteiger partial charge in [-0.2, -0.15) is 0 Å². The Morgan fingerprint density at radius 2 is 2.25 bits per heavy atom. The normalized spacial score (nSPS) is 23.6. The van der Waals surface area contributed by atoms with Gasteiger partial charge in [0, 0.05) is 37.8 Å². The van der Waals surface area contributed by atoms with Crippen LogP contribution in [-0.2, 0) is 6.54 Å². The number of benzene rings is 1. The number of carbonyl (C=O) groups is 1. The summed E-state index contributed by atoms with van der Waals surface area (Å²) in [5.41, 5.74) is 3.99. The van der Waals surface area contributed by atoms with Crippen molar-refractivity contribution in [1.82, 2.24) is 15.2 Å². The van der Waals surface area contributed by atoms with Gasteiger partial charge in [0.05, 0.1) is 0 Å². The Labute approximate surface area is 119 Å². The largest absolute Gasteiger partial charge is 0.298 e. The van der Waals surface area contributed by atoms with Crippen LogP contribution in [0, 0.1) is 0 Å². The van der Waals surface area contributed by atoms with E-state index < -0.39 is 0 Å². The molecule has 1 amide bonds. The highest BCUT2D eigenvalue weighted by Gasteiger charge is 2.30. The lowest BCUT2D eigenvalue weighted by molar-refractivity contribution is 0.0950. The van der Waals surface area contributed by atoms with E-state index in [9.17, 15) is 4.79 Å². The van der Waals surface area contributed by atoms with Gasteiger partial charge in [-0.1, -0.05) is 12.1 Å². The Bertz CT molecular complexity index is 491. The lowest BCUT2D eigenvalue weighted by atomic mass is 10.1. The Hall–Kier alpha value is -1.43. The van der Waals surface area contributed by atoms with Crippen LogP contribution in [0.15, 0.2) is 24.3 Å². The van der Waals surface area contributed by atoms with Crippen LogP contribution in [0.25, 0.3) is 0 Å². The number of hydrogen-bond acceptors (Lipinski definition) is 4. The molecule has 5 nitrogen and oxygen atoms in total. The molecule has 1 unspecified atom stereocenters. The van der Waals surface area contributed by atoms with Gasteiger partial charge in [-0.3, -0.25) is 20.0 Å². The highest BCUT2D eigenvalue weighted by Crippen LogP contribution is 2.22. The van der Waals surface area contributed by atoms with Crippen molar-refractivity contribution in [1.29, 1.82) is 0 Å². The summed E-state index contributed by atoms with van der Waals surface area (Å²) in [5, 5.41) is 0. The van der Waals surface area contributed by atoms with E-state index in [1.165, 1.54) is 31.5 Å². The molecular formula is C15H22N4O. The summed E-state index contributed by atoms with van der Waals surface area (Å²) in [6.45, 7) is 5.62. The van der Waals surface area contributed by atoms with Crippen molar-refractivity contribution in [3.63, 3.8) is 0 Å². The van der Waals surface area contributed by atoms with Crippen LogP contribution in [0.3, 0.4) is 0 Å². The molecule has 1 atom stereocenters. The van der Waals surface area contributed by atoms with Crippen molar-refractivity contribution in [3.05, 3.63) is 35.4 Å². The maximum absolute atomic E-state index is 11.6. The number of nitrogens with two attached hydrogens (primary N) is 1. The molecule has 2 aliphatic heterocycles. The molecule has 2 saturated heterocycles. The predicted octanol–water partition coefficient (Wildman–Crippen LogP) is 0.570. The first-order valence-corrected chi connectivity index (χ1v) is 7.32. The second-order valence-corrected chi connectivity index (χ2v) is 5.74. The number of hydrazine groups is 1. The highest BCUT2D eigenvalue weighted by molar-refractivity contribution is 5.93. The van der Waals surface area contributed by atoms with Crippen LogP contribution in [-0.4, -0.2) is 47.9 Å². The zero-order valence-electron chi connectivity index (χ0n) is 11.7. The first kappa shape index (κ1) is 13.5. The van der Waals surface area contributed by atoms with Crippen molar-refractivity contribution in [2.45, 2.75) is 25.4 Å². The molecular weight excluding hydrogens is 252 g/mol. The van der Waals surface area contributed by atoms with Crippen molar-refractivity contribution < 1.29 is 4.79 Å². The Morgan fingerprint density at radius 3 is 3.10 bits per heavy atom. The highest BCUT2D eigenvalue weighted by atomic mass is 16.2. The molecule has 0 spiro atoms. The number of fused-ring (bicyclic) bond motifs is 1. The molecule has 3 N–H and O–H groups in total. The topological polar surface area (TPSA) is 61.6 Å². The number of nitrogens with zero attached hydrogens (tertiary/aromatic N) is 2. The molecule has 1 aromatic carbocycles. The summed E-state index contributed by atoms with van der Waals surface area (Å²) < 4.78 is 0. The molecule has 2 heterocycles. The molecule has 20 heavy (non-hydrogen) atoms. The third-order valence-electron chi connectivity index (χ3n) is 4.40. The fourth-order valence-electron chi connectivity index (χ4n) is 3.35. The quantitative estimate of drug-likeness (QED) is 0.480. The van der Waals surface area contributed by atoms with Gasteiger partial charge in [0.1, 0.15) is 0 Å². The molecule has 2 aliphatic rings. The molecule has 108 valence electrons. The number of nitrogens with one attached hydrogen (secondary N) is 1. The lowest BCUT2D eigenvalue weighted by Crippen LogP contribution is -2.49. The van der Waals surface area contributed by atoms with Crippen LogP contribution >= 0.6 is 0 Å². The maximum Gasteiger partial charge on any atom is 0.265 e. The third kappa shape index (κ3) is 2.85. The second-order valence-electron chi connectivity index (χ2n) is 5.74. The Balaban J connectivity index is 1.64. The van der Waals surface area contributed by atoms with E-state index in [0.717, 1.165) is 25.7 Å². The zero-order valence-corrected chi connectivity index (χ0v) is 11.7. The maximum atomic E-state index is 11.6. The van der Waals surface area contributed by atoms with Crippen molar-refractivity contribution in [2.24, 2.45) is 5.84 Å². The van der Waals surface area contributed by atoms with Gasteiger partial charge in [-0.05, 0) is 37.1 Å². The first-order valence-electron chi connectivity index (χ1n) is 7.32. The molecule has 5 heteroatoms. The van der Waals surface area contributed by atoms with Gasteiger partial charge in [0.15, 0.2) is 0 Å². The summed E-state index contributed by atoms with van der Waals surface area (Å²) >= 11 is 0. The van der Waals surface area contributed by atoms with Gasteiger partial charge in [-0.25, -0.2) is 5.84 Å². The van der Waals surface area contributed by atoms with E-state index in [-0.39, 0.29) is 5.91 Å². The minimum Gasteiger partial charge on any atom is -0.298 e. The fraction of sp³-hybridized carbons (Fsp3) is 0.533. The number of rotatable bonds is 3. The van der Waals surface area contributed by atoms with Gasteiger partial charge >= 0.3 is 0 Å². The SMILES string of the molecule is NNC(=O)c1cccc(CN2CCN3CCCC3C2)c1. The number of carbonyl (C=O) groups excluding carboxylic acids is 1. The van der Waals surface area contributed by atoms with Crippen LogP contribution in [0.2, 0.25) is 0 Å². The van der Waals surface area contributed by atoms with E-state index >= 15 is 0 Å². The summed E-state index contributed by atoms with van der Waals surface area (Å²) in [7, 11) is 0. The summed E-state index contributed by atoms with van der Waals surface area (Å²) in [6.07, 6.45) is 2.66. The molecule has 0 saturated carbocycles. The molecule has 3 rings (SSSR count). The Kier molecular flexibility index (Phi) is 4.00. The first-order chi connectivity index (χ1) is 9.76. The van der Waals surface area contributed by atoms with Crippen molar-refractivity contribution in [2.75, 3.05) is 26.2 Å². The summed E-state index contributed by atoms with van der Waals surface area (Å²) in [5.74, 6) is 4.95. The smallest absolute Gasteiger partial charge is 0.265 e. The molecule has 0 radical (unpaired) electrons. The van der Waals surface area contributed by atoms with E-state index in [4.69, 9.17) is 5.84 Å². The fourth-order valence-corrected chi connectivity index (χ4v) is 3.35. The van der Waals surface area contributed by atoms with Gasteiger partial charge in [0.2, 0.25) is 0 Å². The van der Waals surface area contributed by atoms with Gasteiger partial charge in [-0.15, -0.1) is 0 Å². The average Bonchev–Trinajstić information content (AvgIpc) is 2.94. The van der Waals surface area contributed by atoms with E-state index in [2.05, 4.69) is 21.3 Å². The van der Waals surface area contributed by atoms with E-state index in [0.29, 0.717) is 5.56 Å². The van der Waals surface area contributed by atoms with Crippen LogP contribution in [0.4, 0.5) is 0 Å². The van der Waals surface area contributed by atoms with Crippen molar-refractivity contribution in [3.8, 4) is 0 Å². The van der Waals surface area contributed by atoms with Crippen LogP contribution in [0.1, 0.15) is 28.8 Å². The zero-order chi connectivity index (χ0) is 13.9. The number of piperazine rings is 1. The summed E-state index contributed by atoms with van der Waals surface area (Å²) in [4.78, 5) is 16.6. The molecule has 2 fully saturated rings. The van der Waals surface area contributed by atoms with Crippen LogP contribution < -0.4 is 11.3 Å². The molecule has 0 bridgehead atoms. The standard InChI is InChI=1S/C15H22N4O/c16-17-15(20)13-4-1-3-12(9-13)10-18-7-8-19-6-2-5-14(19)11-18/h1,3-4,9,14H,2,5-8,10-11,16H2,(H,17,20). The monoisotopic (exact) mass is 274 g/mol. The third-order valence-corrected chi connectivity index (χ3v) is 4.40. The minimum absolute atomic E-state index is 0.229. The number of hydrogen-bond donors (Lipinski definition) is 2. The van der Waals surface area contributed by atoms with E-state index in [1.54, 1.807) is 6.07 Å². The predicted molar refractivity (Wildman–Crippen MR) is 78.0 cm³/mol. The average molecular weight is 274 g/mol. The van der Waals surface area contributed by atoms with Crippen LogP contribution in [0.5, 0.6) is 0 Å². The molecule has 1 aromatic rings. The molecule has 0 aromatic heterocycles. The minimum atomic E-state index is -0.229. The molecule has 0 aliphatic carbocycles. The number of amides is 1. The number of nitrogen functional groups attached to an aromatic ring is 1. The van der Waals surface area contributed by atoms with Gasteiger partial charge < -0.3 is 0 Å². The summed E-state index contributed by atoms with van der Waals surface area (Å²) in [6, 6.07) is 8.46. The van der Waals surface area contributed by atoms with E-state index in [1.807, 2.05) is 12.1 Å². The second kappa shape index (κ2) is 5.91. The van der Waals surface area contributed by atoms with Gasteiger partial charge in [0.25, 0.3) is 5.91 Å². The van der Waals surface area contributed by atoms with Crippen molar-refractivity contribution >= 4 is 5.91 Å². The Morgan fingerprint density at radius 1 is 1.35 bits per heavy atom.